The predicted octanol–water partition coefficient (Wildman–Crippen LogP) is 2.63. The number of benzene rings is 1. The van der Waals surface area contributed by atoms with Crippen LogP contribution in [-0.2, 0) is 9.53 Å². The van der Waals surface area contributed by atoms with Gasteiger partial charge in [0, 0.05) is 5.38 Å². The van der Waals surface area contributed by atoms with Gasteiger partial charge in [-0.1, -0.05) is 18.2 Å². The van der Waals surface area contributed by atoms with Crippen LogP contribution in [0.15, 0.2) is 47.2 Å². The minimum atomic E-state index is -0.826. The van der Waals surface area contributed by atoms with Crippen LogP contribution in [0.4, 0.5) is 4.39 Å². The van der Waals surface area contributed by atoms with Crippen LogP contribution < -0.4 is 10.9 Å². The number of hydrogen-bond donors (Lipinski definition) is 2. The molecule has 0 fully saturated rings. The number of thiophene rings is 1. The Morgan fingerprint density at radius 2 is 1.89 bits per heavy atom. The van der Waals surface area contributed by atoms with Crippen molar-refractivity contribution in [3.8, 4) is 9.88 Å². The number of nitrogens with zero attached hydrogens (tertiary/aromatic N) is 1. The lowest BCUT2D eigenvalue weighted by Gasteiger charge is -2.08. The molecule has 0 spiro atoms. The summed E-state index contributed by atoms with van der Waals surface area (Å²) in [5, 5.41) is 4.11. The largest absolute Gasteiger partial charge is 0.451 e. The van der Waals surface area contributed by atoms with Crippen molar-refractivity contribution in [2.24, 2.45) is 0 Å². The number of hydrazine groups is 1. The third kappa shape index (κ3) is 4.74. The highest BCUT2D eigenvalue weighted by molar-refractivity contribution is 7.20. The molecule has 7 nitrogen and oxygen atoms in total. The van der Waals surface area contributed by atoms with Crippen molar-refractivity contribution in [2.75, 3.05) is 6.61 Å². The number of carbonyl (C=O) groups excluding carboxylic acids is 3. The fraction of sp³-hybridized carbons (Fsp3) is 0.0588. The van der Waals surface area contributed by atoms with E-state index in [1.54, 1.807) is 0 Å². The summed E-state index contributed by atoms with van der Waals surface area (Å²) in [6.07, 6.45) is 0. The second-order valence-electron chi connectivity index (χ2n) is 5.07. The molecule has 27 heavy (non-hydrogen) atoms. The lowest BCUT2D eigenvalue weighted by atomic mass is 10.2. The molecule has 10 heteroatoms. The standard InChI is InChI=1S/C17H12FN3O4S2/c18-11-5-2-1-4-10(11)15(23)21-20-14(22)8-25-17(24)12-9-27-16(19-12)13-6-3-7-26-13/h1-7,9H,8H2,(H,20,22)(H,21,23). The fourth-order valence-electron chi connectivity index (χ4n) is 1.96. The van der Waals surface area contributed by atoms with Crippen LogP contribution in [0, 0.1) is 5.82 Å². The molecule has 0 aliphatic heterocycles. The number of rotatable bonds is 5. The van der Waals surface area contributed by atoms with Crippen molar-refractivity contribution in [1.82, 2.24) is 15.8 Å². The van der Waals surface area contributed by atoms with Crippen LogP contribution in [0.3, 0.4) is 0 Å². The summed E-state index contributed by atoms with van der Waals surface area (Å²) in [6, 6.07) is 9.07. The Morgan fingerprint density at radius 3 is 2.63 bits per heavy atom. The highest BCUT2D eigenvalue weighted by Gasteiger charge is 2.16. The molecular formula is C17H12FN3O4S2. The maximum Gasteiger partial charge on any atom is 0.358 e. The average molecular weight is 405 g/mol. The molecular weight excluding hydrogens is 393 g/mol. The second-order valence-corrected chi connectivity index (χ2v) is 6.88. The summed E-state index contributed by atoms with van der Waals surface area (Å²) in [5.74, 6) is -3.08. The molecule has 0 atom stereocenters. The van der Waals surface area contributed by atoms with Gasteiger partial charge in [0.25, 0.3) is 11.8 Å². The summed E-state index contributed by atoms with van der Waals surface area (Å²) >= 11 is 2.78. The highest BCUT2D eigenvalue weighted by atomic mass is 32.1. The molecule has 3 rings (SSSR count). The van der Waals surface area contributed by atoms with Crippen LogP contribution in [0.1, 0.15) is 20.8 Å². The van der Waals surface area contributed by atoms with E-state index in [0.29, 0.717) is 5.01 Å². The summed E-state index contributed by atoms with van der Waals surface area (Å²) < 4.78 is 18.3. The van der Waals surface area contributed by atoms with Crippen LogP contribution in [0.2, 0.25) is 0 Å². The van der Waals surface area contributed by atoms with E-state index >= 15 is 0 Å². The van der Waals surface area contributed by atoms with Crippen LogP contribution >= 0.6 is 22.7 Å². The number of halogens is 1. The Morgan fingerprint density at radius 1 is 1.07 bits per heavy atom. The first-order chi connectivity index (χ1) is 13.0. The molecule has 0 aliphatic carbocycles. The Labute approximate surface area is 160 Å². The summed E-state index contributed by atoms with van der Waals surface area (Å²) in [4.78, 5) is 40.5. The molecule has 2 N–H and O–H groups in total. The van der Waals surface area contributed by atoms with Crippen molar-refractivity contribution in [1.29, 1.82) is 0 Å². The van der Waals surface area contributed by atoms with Gasteiger partial charge in [0.2, 0.25) is 0 Å². The second kappa shape index (κ2) is 8.52. The molecule has 3 aromatic rings. The molecule has 0 radical (unpaired) electrons. The molecule has 0 saturated heterocycles. The zero-order chi connectivity index (χ0) is 19.2. The Bertz CT molecular complexity index is 972. The van der Waals surface area contributed by atoms with Crippen molar-refractivity contribution >= 4 is 40.5 Å². The first-order valence-corrected chi connectivity index (χ1v) is 9.31. The highest BCUT2D eigenvalue weighted by Crippen LogP contribution is 2.27. The molecule has 1 aromatic carbocycles. The van der Waals surface area contributed by atoms with Gasteiger partial charge < -0.3 is 4.74 Å². The quantitative estimate of drug-likeness (QED) is 0.502. The Hall–Kier alpha value is -3.11. The van der Waals surface area contributed by atoms with E-state index in [0.717, 1.165) is 10.9 Å². The van der Waals surface area contributed by atoms with Gasteiger partial charge in [-0.2, -0.15) is 0 Å². The van der Waals surface area contributed by atoms with Crippen molar-refractivity contribution in [2.45, 2.75) is 0 Å². The number of thiazole rings is 1. The maximum absolute atomic E-state index is 13.5. The third-order valence-corrected chi connectivity index (χ3v) is 5.09. The third-order valence-electron chi connectivity index (χ3n) is 3.21. The van der Waals surface area contributed by atoms with Gasteiger partial charge in [-0.3, -0.25) is 20.4 Å². The smallest absolute Gasteiger partial charge is 0.358 e. The van der Waals surface area contributed by atoms with E-state index in [-0.39, 0.29) is 11.3 Å². The molecule has 0 bridgehead atoms. The monoisotopic (exact) mass is 405 g/mol. The molecule has 2 heterocycles. The normalized spacial score (nSPS) is 10.3. The van der Waals surface area contributed by atoms with Gasteiger partial charge >= 0.3 is 5.97 Å². The first kappa shape index (κ1) is 18.7. The fourth-order valence-corrected chi connectivity index (χ4v) is 3.56. The lowest BCUT2D eigenvalue weighted by molar-refractivity contribution is -0.125. The molecule has 2 amide bonds. The lowest BCUT2D eigenvalue weighted by Crippen LogP contribution is -2.43. The van der Waals surface area contributed by atoms with Crippen LogP contribution in [0.25, 0.3) is 9.88 Å². The van der Waals surface area contributed by atoms with E-state index in [2.05, 4.69) is 4.98 Å². The van der Waals surface area contributed by atoms with Gasteiger partial charge in [0.1, 0.15) is 10.8 Å². The topological polar surface area (TPSA) is 97.4 Å². The minimum Gasteiger partial charge on any atom is -0.451 e. The summed E-state index contributed by atoms with van der Waals surface area (Å²) in [5.41, 5.74) is 3.95. The summed E-state index contributed by atoms with van der Waals surface area (Å²) in [7, 11) is 0. The van der Waals surface area contributed by atoms with Crippen molar-refractivity contribution < 1.29 is 23.5 Å². The summed E-state index contributed by atoms with van der Waals surface area (Å²) in [6.45, 7) is -0.623. The van der Waals surface area contributed by atoms with E-state index < -0.39 is 30.2 Å². The Kier molecular flexibility index (Phi) is 5.89. The van der Waals surface area contributed by atoms with E-state index in [1.165, 1.54) is 46.3 Å². The maximum atomic E-state index is 13.5. The SMILES string of the molecule is O=C(COC(=O)c1csc(-c2cccs2)n1)NNC(=O)c1ccccc1F. The van der Waals surface area contributed by atoms with Crippen LogP contribution in [-0.4, -0.2) is 29.4 Å². The van der Waals surface area contributed by atoms with Crippen LogP contribution in [0.5, 0.6) is 0 Å². The number of aromatic nitrogens is 1. The molecule has 0 saturated carbocycles. The predicted molar refractivity (Wildman–Crippen MR) is 97.7 cm³/mol. The van der Waals surface area contributed by atoms with Gasteiger partial charge in [-0.05, 0) is 23.6 Å². The average Bonchev–Trinajstić information content (AvgIpc) is 3.35. The first-order valence-electron chi connectivity index (χ1n) is 7.55. The molecule has 138 valence electrons. The van der Waals surface area contributed by atoms with Crippen molar-refractivity contribution in [3.63, 3.8) is 0 Å². The zero-order valence-electron chi connectivity index (χ0n) is 13.6. The van der Waals surface area contributed by atoms with Gasteiger partial charge in [0.05, 0.1) is 10.4 Å². The molecule has 0 unspecified atom stereocenters. The van der Waals surface area contributed by atoms with E-state index in [1.807, 2.05) is 28.4 Å². The van der Waals surface area contributed by atoms with Crippen molar-refractivity contribution in [3.05, 3.63) is 64.2 Å². The van der Waals surface area contributed by atoms with E-state index in [9.17, 15) is 18.8 Å². The number of hydrogen-bond acceptors (Lipinski definition) is 7. The van der Waals surface area contributed by atoms with E-state index in [4.69, 9.17) is 4.74 Å². The number of carbonyl (C=O) groups is 3. The number of ether oxygens (including phenoxy) is 1. The van der Waals surface area contributed by atoms with Gasteiger partial charge in [-0.15, -0.1) is 22.7 Å². The minimum absolute atomic E-state index is 0.0894. The number of amides is 2. The Balaban J connectivity index is 1.47. The molecule has 0 aliphatic rings. The van der Waals surface area contributed by atoms with Gasteiger partial charge in [0.15, 0.2) is 12.3 Å². The van der Waals surface area contributed by atoms with Gasteiger partial charge in [-0.25, -0.2) is 14.2 Å². The number of esters is 1. The zero-order valence-corrected chi connectivity index (χ0v) is 15.2. The molecule has 2 aromatic heterocycles. The number of nitrogens with one attached hydrogen (secondary N) is 2.